The predicted molar refractivity (Wildman–Crippen MR) is 123 cm³/mol. The summed E-state index contributed by atoms with van der Waals surface area (Å²) >= 11 is 0. The molecule has 1 aromatic heterocycles. The highest BCUT2D eigenvalue weighted by molar-refractivity contribution is 7.93. The molecule has 0 bridgehead atoms. The summed E-state index contributed by atoms with van der Waals surface area (Å²) in [7, 11) is -0.768. The number of amides is 2. The van der Waals surface area contributed by atoms with Crippen molar-refractivity contribution in [2.45, 2.75) is 22.5 Å². The zero-order valence-corrected chi connectivity index (χ0v) is 19.5. The summed E-state index contributed by atoms with van der Waals surface area (Å²) < 4.78 is 35.9. The Morgan fingerprint density at radius 1 is 1.06 bits per heavy atom. The molecule has 1 aliphatic rings. The van der Waals surface area contributed by atoms with Crippen molar-refractivity contribution >= 4 is 32.6 Å². The molecule has 1 saturated heterocycles. The van der Waals surface area contributed by atoms with Crippen molar-refractivity contribution in [1.29, 1.82) is 0 Å². The fourth-order valence-corrected chi connectivity index (χ4v) is 5.94. The molecular weight excluding hydrogens is 462 g/mol. The number of hydrogen-bond donors (Lipinski definition) is 3. The van der Waals surface area contributed by atoms with Crippen LogP contribution in [0.5, 0.6) is 11.5 Å². The van der Waals surface area contributed by atoms with Crippen molar-refractivity contribution in [3.05, 3.63) is 54.2 Å². The molecule has 2 amide bonds. The maximum absolute atomic E-state index is 13.3. The lowest BCUT2D eigenvalue weighted by Gasteiger charge is -2.34. The first-order valence-corrected chi connectivity index (χ1v) is 12.1. The van der Waals surface area contributed by atoms with Crippen molar-refractivity contribution in [2.24, 2.45) is 0 Å². The predicted octanol–water partition coefficient (Wildman–Crippen LogP) is 2.49. The lowest BCUT2D eigenvalue weighted by atomic mass is 9.98. The first-order chi connectivity index (χ1) is 16.2. The molecule has 3 N–H and O–H groups in total. The number of H-pyrrole nitrogens is 1. The number of carbonyl (C=O) groups excluding carboxylic acids is 2. The first kappa shape index (κ1) is 23.7. The number of hydroxylamine groups is 1. The second-order valence-electron chi connectivity index (χ2n) is 8.26. The Kier molecular flexibility index (Phi) is 6.34. The van der Waals surface area contributed by atoms with E-state index in [2.05, 4.69) is 4.98 Å². The Labute approximate surface area is 196 Å². The standard InChI is InChI=1S/C23H25N3O7S/c1-26(2)21(27)20-14-15-13-17(5-8-19(15)24-20)33-16-3-6-18(7-4-16)34(30,31)23(22(28)25-29)9-11-32-12-10-23/h3-8,13-14,24,29H,9-12H2,1-2H3,(H,25,28). The number of benzene rings is 2. The van der Waals surface area contributed by atoms with E-state index in [0.717, 1.165) is 10.9 Å². The average molecular weight is 488 g/mol. The van der Waals surface area contributed by atoms with Crippen LogP contribution in [0.25, 0.3) is 10.9 Å². The number of nitrogens with zero attached hydrogens (tertiary/aromatic N) is 1. The Bertz CT molecular complexity index is 1320. The molecule has 2 heterocycles. The Morgan fingerprint density at radius 2 is 1.71 bits per heavy atom. The van der Waals surface area contributed by atoms with Gasteiger partial charge in [0.2, 0.25) is 0 Å². The third-order valence-corrected chi connectivity index (χ3v) is 8.44. The molecule has 0 saturated carbocycles. The first-order valence-electron chi connectivity index (χ1n) is 10.6. The van der Waals surface area contributed by atoms with Crippen molar-refractivity contribution in [2.75, 3.05) is 27.3 Å². The van der Waals surface area contributed by atoms with Crippen LogP contribution in [0.3, 0.4) is 0 Å². The topological polar surface area (TPSA) is 138 Å². The second-order valence-corrected chi connectivity index (χ2v) is 10.5. The van der Waals surface area contributed by atoms with Gasteiger partial charge >= 0.3 is 0 Å². The van der Waals surface area contributed by atoms with E-state index in [-0.39, 0.29) is 36.9 Å². The number of hydrogen-bond acceptors (Lipinski definition) is 7. The van der Waals surface area contributed by atoms with E-state index < -0.39 is 20.5 Å². The molecule has 0 atom stereocenters. The maximum Gasteiger partial charge on any atom is 0.269 e. The summed E-state index contributed by atoms with van der Waals surface area (Å²) in [6.45, 7) is 0.189. The molecule has 10 nitrogen and oxygen atoms in total. The summed E-state index contributed by atoms with van der Waals surface area (Å²) in [4.78, 5) is 29.0. The monoisotopic (exact) mass is 487 g/mol. The van der Waals surface area contributed by atoms with Gasteiger partial charge in [0.05, 0.1) is 4.90 Å². The zero-order chi connectivity index (χ0) is 24.5. The quantitative estimate of drug-likeness (QED) is 0.359. The van der Waals surface area contributed by atoms with Crippen LogP contribution in [0, 0.1) is 0 Å². The molecule has 4 rings (SSSR count). The number of ether oxygens (including phenoxy) is 2. The zero-order valence-electron chi connectivity index (χ0n) is 18.7. The van der Waals surface area contributed by atoms with E-state index in [4.69, 9.17) is 14.7 Å². The van der Waals surface area contributed by atoms with Crippen molar-refractivity contribution in [3.8, 4) is 11.5 Å². The normalized spacial score (nSPS) is 15.6. The van der Waals surface area contributed by atoms with E-state index >= 15 is 0 Å². The minimum absolute atomic E-state index is 0.0572. The number of nitrogens with one attached hydrogen (secondary N) is 2. The molecule has 180 valence electrons. The van der Waals surface area contributed by atoms with Gasteiger partial charge in [-0.15, -0.1) is 0 Å². The van der Waals surface area contributed by atoms with E-state index in [0.29, 0.717) is 17.2 Å². The van der Waals surface area contributed by atoms with Gasteiger partial charge in [-0.05, 0) is 61.4 Å². The van der Waals surface area contributed by atoms with Crippen LogP contribution in [0.15, 0.2) is 53.4 Å². The summed E-state index contributed by atoms with van der Waals surface area (Å²) in [6, 6.07) is 12.8. The molecule has 1 fully saturated rings. The molecule has 0 aliphatic carbocycles. The lowest BCUT2D eigenvalue weighted by molar-refractivity contribution is -0.134. The highest BCUT2D eigenvalue weighted by Gasteiger charge is 2.52. The van der Waals surface area contributed by atoms with E-state index in [1.54, 1.807) is 38.4 Å². The minimum atomic E-state index is -4.11. The van der Waals surface area contributed by atoms with Crippen LogP contribution in [-0.4, -0.2) is 67.4 Å². The number of fused-ring (bicyclic) bond motifs is 1. The highest BCUT2D eigenvalue weighted by atomic mass is 32.2. The van der Waals surface area contributed by atoms with Crippen LogP contribution in [0.4, 0.5) is 0 Å². The van der Waals surface area contributed by atoms with Gasteiger partial charge in [-0.2, -0.15) is 0 Å². The minimum Gasteiger partial charge on any atom is -0.457 e. The molecule has 0 unspecified atom stereocenters. The SMILES string of the molecule is CN(C)C(=O)c1cc2cc(Oc3ccc(S(=O)(=O)C4(C(=O)NO)CCOCC4)cc3)ccc2[nH]1. The number of sulfone groups is 1. The molecule has 2 aromatic carbocycles. The van der Waals surface area contributed by atoms with Crippen molar-refractivity contribution in [3.63, 3.8) is 0 Å². The van der Waals surface area contributed by atoms with Crippen molar-refractivity contribution < 1.29 is 32.7 Å². The second kappa shape index (κ2) is 9.09. The van der Waals surface area contributed by atoms with Crippen LogP contribution in [-0.2, 0) is 19.4 Å². The number of carbonyl (C=O) groups is 2. The summed E-state index contributed by atoms with van der Waals surface area (Å²) in [5, 5.41) is 9.95. The number of aromatic nitrogens is 1. The third kappa shape index (κ3) is 4.13. The molecular formula is C23H25N3O7S. The Morgan fingerprint density at radius 3 is 2.32 bits per heavy atom. The molecule has 0 spiro atoms. The van der Waals surface area contributed by atoms with E-state index in [9.17, 15) is 18.0 Å². The average Bonchev–Trinajstić information content (AvgIpc) is 3.27. The number of aromatic amines is 1. The maximum atomic E-state index is 13.3. The van der Waals surface area contributed by atoms with Gasteiger partial charge in [0.15, 0.2) is 14.6 Å². The molecule has 1 aliphatic heterocycles. The Balaban J connectivity index is 1.57. The fourth-order valence-electron chi connectivity index (χ4n) is 4.00. The van der Waals surface area contributed by atoms with Gasteiger partial charge in [-0.25, -0.2) is 13.9 Å². The molecule has 11 heteroatoms. The van der Waals surface area contributed by atoms with Gasteiger partial charge in [0.25, 0.3) is 11.8 Å². The van der Waals surface area contributed by atoms with Gasteiger partial charge in [0, 0.05) is 38.2 Å². The largest absolute Gasteiger partial charge is 0.457 e. The smallest absolute Gasteiger partial charge is 0.269 e. The number of rotatable bonds is 6. The fraction of sp³-hybridized carbons (Fsp3) is 0.304. The van der Waals surface area contributed by atoms with Crippen molar-refractivity contribution in [1.82, 2.24) is 15.4 Å². The molecule has 34 heavy (non-hydrogen) atoms. The van der Waals surface area contributed by atoms with Crippen LogP contribution >= 0.6 is 0 Å². The van der Waals surface area contributed by atoms with E-state index in [1.807, 2.05) is 0 Å². The van der Waals surface area contributed by atoms with Gasteiger partial charge in [0.1, 0.15) is 17.2 Å². The lowest BCUT2D eigenvalue weighted by Crippen LogP contribution is -2.54. The summed E-state index contributed by atoms with van der Waals surface area (Å²) in [5.74, 6) is -0.215. The van der Waals surface area contributed by atoms with E-state index in [1.165, 1.54) is 34.6 Å². The molecule has 0 radical (unpaired) electrons. The van der Waals surface area contributed by atoms with Crippen LogP contribution in [0.2, 0.25) is 0 Å². The summed E-state index contributed by atoms with van der Waals surface area (Å²) in [6.07, 6.45) is -0.121. The third-order valence-electron chi connectivity index (χ3n) is 5.93. The highest BCUT2D eigenvalue weighted by Crippen LogP contribution is 2.36. The van der Waals surface area contributed by atoms with Gasteiger partial charge in [-0.1, -0.05) is 0 Å². The van der Waals surface area contributed by atoms with Gasteiger partial charge in [-0.3, -0.25) is 14.8 Å². The Hall–Kier alpha value is -3.41. The summed E-state index contributed by atoms with van der Waals surface area (Å²) in [5.41, 5.74) is 2.74. The van der Waals surface area contributed by atoms with Gasteiger partial charge < -0.3 is 19.4 Å². The van der Waals surface area contributed by atoms with Crippen LogP contribution < -0.4 is 10.2 Å². The van der Waals surface area contributed by atoms with Crippen LogP contribution in [0.1, 0.15) is 23.3 Å². The molecule has 3 aromatic rings.